The summed E-state index contributed by atoms with van der Waals surface area (Å²) in [6.45, 7) is 10.4. The minimum absolute atomic E-state index is 0.369. The Kier molecular flexibility index (Phi) is 5.40. The summed E-state index contributed by atoms with van der Waals surface area (Å²) in [5.74, 6) is 0.519. The first-order chi connectivity index (χ1) is 8.78. The van der Waals surface area contributed by atoms with E-state index in [1.165, 1.54) is 5.56 Å². The summed E-state index contributed by atoms with van der Waals surface area (Å²) in [6, 6.07) is 9.45. The van der Waals surface area contributed by atoms with Crippen LogP contribution in [0.1, 0.15) is 51.7 Å². The van der Waals surface area contributed by atoms with Crippen LogP contribution in [0, 0.1) is 6.07 Å². The molecule has 0 aliphatic carbocycles. The average Bonchev–Trinajstić information content (AvgIpc) is 2.27. The third-order valence-corrected chi connectivity index (χ3v) is 2.63. The largest absolute Gasteiger partial charge is 0.444 e. The lowest BCUT2D eigenvalue weighted by atomic mass is 10.0. The van der Waals surface area contributed by atoms with E-state index < -0.39 is 5.60 Å². The van der Waals surface area contributed by atoms with Crippen molar-refractivity contribution in [2.24, 2.45) is 0 Å². The van der Waals surface area contributed by atoms with Crippen LogP contribution in [-0.4, -0.2) is 18.2 Å². The quantitative estimate of drug-likeness (QED) is 0.899. The van der Waals surface area contributed by atoms with E-state index >= 15 is 0 Å². The molecule has 0 fully saturated rings. The van der Waals surface area contributed by atoms with Gasteiger partial charge in [0.2, 0.25) is 0 Å². The Labute approximate surface area is 116 Å². The molecule has 1 aromatic carbocycles. The maximum absolute atomic E-state index is 11.4. The molecule has 0 aromatic heterocycles. The van der Waals surface area contributed by atoms with Crippen LogP contribution in [0.3, 0.4) is 0 Å². The molecule has 1 amide bonds. The molecule has 0 saturated heterocycles. The normalized spacial score (nSPS) is 11.5. The summed E-state index contributed by atoms with van der Waals surface area (Å²) >= 11 is 0. The van der Waals surface area contributed by atoms with Gasteiger partial charge < -0.3 is 10.1 Å². The van der Waals surface area contributed by atoms with Crippen molar-refractivity contribution < 1.29 is 9.53 Å². The van der Waals surface area contributed by atoms with Crippen molar-refractivity contribution in [2.45, 2.75) is 52.6 Å². The molecule has 3 heteroatoms. The molecule has 3 nitrogen and oxygen atoms in total. The van der Waals surface area contributed by atoms with Gasteiger partial charge in [0.05, 0.1) is 0 Å². The molecule has 0 heterocycles. The topological polar surface area (TPSA) is 38.3 Å². The number of nitrogens with one attached hydrogen (secondary N) is 1. The van der Waals surface area contributed by atoms with Crippen molar-refractivity contribution in [3.05, 3.63) is 35.4 Å². The second-order valence-electron chi connectivity index (χ2n) is 5.98. The highest BCUT2D eigenvalue weighted by molar-refractivity contribution is 5.67. The monoisotopic (exact) mass is 262 g/mol. The molecule has 19 heavy (non-hydrogen) atoms. The van der Waals surface area contributed by atoms with Gasteiger partial charge in [-0.3, -0.25) is 0 Å². The molecule has 1 N–H and O–H groups in total. The summed E-state index contributed by atoms with van der Waals surface area (Å²) < 4.78 is 5.17. The van der Waals surface area contributed by atoms with Crippen LogP contribution in [0.2, 0.25) is 0 Å². The Balaban J connectivity index is 2.35. The Morgan fingerprint density at radius 1 is 1.37 bits per heavy atom. The van der Waals surface area contributed by atoms with E-state index in [1.54, 1.807) is 0 Å². The number of carbonyl (C=O) groups is 1. The number of hydrogen-bond donors (Lipinski definition) is 1. The molecule has 1 aromatic rings. The minimum Gasteiger partial charge on any atom is -0.444 e. The minimum atomic E-state index is -0.449. The molecule has 0 unspecified atom stereocenters. The highest BCUT2D eigenvalue weighted by atomic mass is 16.6. The zero-order valence-corrected chi connectivity index (χ0v) is 12.5. The van der Waals surface area contributed by atoms with Crippen LogP contribution in [-0.2, 0) is 11.2 Å². The molecule has 0 aliphatic rings. The van der Waals surface area contributed by atoms with Gasteiger partial charge in [-0.15, -0.1) is 0 Å². The summed E-state index contributed by atoms with van der Waals surface area (Å²) in [5.41, 5.74) is 1.93. The molecule has 0 bridgehead atoms. The molecular formula is C16H24NO2. The van der Waals surface area contributed by atoms with E-state index in [0.29, 0.717) is 12.5 Å². The first-order valence-electron chi connectivity index (χ1n) is 6.75. The van der Waals surface area contributed by atoms with Crippen LogP contribution in [0.15, 0.2) is 18.2 Å². The van der Waals surface area contributed by atoms with Crippen LogP contribution in [0.5, 0.6) is 0 Å². The predicted molar refractivity (Wildman–Crippen MR) is 77.3 cm³/mol. The Bertz CT molecular complexity index is 402. The van der Waals surface area contributed by atoms with Gasteiger partial charge in [-0.25, -0.2) is 4.79 Å². The van der Waals surface area contributed by atoms with E-state index in [9.17, 15) is 4.79 Å². The number of rotatable bonds is 4. The van der Waals surface area contributed by atoms with Crippen molar-refractivity contribution in [1.29, 1.82) is 0 Å². The van der Waals surface area contributed by atoms with Gasteiger partial charge in [0.1, 0.15) is 5.60 Å². The van der Waals surface area contributed by atoms with E-state index in [-0.39, 0.29) is 6.09 Å². The van der Waals surface area contributed by atoms with Gasteiger partial charge >= 0.3 is 6.09 Å². The molecule has 0 spiro atoms. The number of benzene rings is 1. The lowest BCUT2D eigenvalue weighted by molar-refractivity contribution is 0.0528. The van der Waals surface area contributed by atoms with Crippen molar-refractivity contribution in [1.82, 2.24) is 5.32 Å². The van der Waals surface area contributed by atoms with Crippen molar-refractivity contribution in [2.75, 3.05) is 6.54 Å². The number of amides is 1. The fourth-order valence-electron chi connectivity index (χ4n) is 1.60. The van der Waals surface area contributed by atoms with Crippen LogP contribution >= 0.6 is 0 Å². The Morgan fingerprint density at radius 3 is 2.53 bits per heavy atom. The Hall–Kier alpha value is -1.51. The van der Waals surface area contributed by atoms with Crippen molar-refractivity contribution in [3.8, 4) is 0 Å². The van der Waals surface area contributed by atoms with E-state index in [2.05, 4.69) is 37.4 Å². The zero-order chi connectivity index (χ0) is 14.5. The average molecular weight is 262 g/mol. The number of carbonyl (C=O) groups excluding carboxylic acids is 1. The third kappa shape index (κ3) is 6.27. The van der Waals surface area contributed by atoms with Gasteiger partial charge in [-0.2, -0.15) is 0 Å². The van der Waals surface area contributed by atoms with Gasteiger partial charge in [0, 0.05) is 6.54 Å². The fourth-order valence-corrected chi connectivity index (χ4v) is 1.60. The fraction of sp³-hybridized carbons (Fsp3) is 0.562. The highest BCUT2D eigenvalue weighted by Gasteiger charge is 2.15. The van der Waals surface area contributed by atoms with Crippen molar-refractivity contribution >= 4 is 6.09 Å². The van der Waals surface area contributed by atoms with E-state index in [1.807, 2.05) is 26.8 Å². The molecule has 1 rings (SSSR count). The molecule has 0 aliphatic heterocycles. The lowest BCUT2D eigenvalue weighted by Gasteiger charge is -2.19. The number of alkyl carbamates (subject to hydrolysis) is 1. The highest BCUT2D eigenvalue weighted by Crippen LogP contribution is 2.14. The molecule has 105 valence electrons. The smallest absolute Gasteiger partial charge is 0.407 e. The number of hydrogen-bond acceptors (Lipinski definition) is 2. The van der Waals surface area contributed by atoms with Crippen LogP contribution < -0.4 is 5.32 Å². The molecular weight excluding hydrogens is 238 g/mol. The lowest BCUT2D eigenvalue weighted by Crippen LogP contribution is -2.33. The first kappa shape index (κ1) is 15.5. The van der Waals surface area contributed by atoms with Gasteiger partial charge in [0.25, 0.3) is 0 Å². The summed E-state index contributed by atoms with van der Waals surface area (Å²) in [5, 5.41) is 2.74. The van der Waals surface area contributed by atoms with E-state index in [4.69, 9.17) is 4.74 Å². The molecule has 0 atom stereocenters. The number of ether oxygens (including phenoxy) is 1. The van der Waals surface area contributed by atoms with Gasteiger partial charge in [-0.05, 0) is 50.3 Å². The summed E-state index contributed by atoms with van der Waals surface area (Å²) in [7, 11) is 0. The maximum Gasteiger partial charge on any atom is 0.407 e. The Morgan fingerprint density at radius 2 is 2.05 bits per heavy atom. The second-order valence-corrected chi connectivity index (χ2v) is 5.98. The maximum atomic E-state index is 11.4. The van der Waals surface area contributed by atoms with Crippen molar-refractivity contribution in [3.63, 3.8) is 0 Å². The predicted octanol–water partition coefficient (Wildman–Crippen LogP) is 3.68. The SMILES string of the molecule is CC(C)c1c[c]c(CCNC(=O)OC(C)(C)C)cc1. The zero-order valence-electron chi connectivity index (χ0n) is 12.5. The third-order valence-electron chi connectivity index (χ3n) is 2.63. The first-order valence-corrected chi connectivity index (χ1v) is 6.75. The standard InChI is InChI=1S/C16H24NO2/c1-12(2)14-8-6-13(7-9-14)10-11-17-15(18)19-16(3,4)5/h6,8-9,12H,10-11H2,1-5H3,(H,17,18). The molecule has 1 radical (unpaired) electrons. The summed E-state index contributed by atoms with van der Waals surface area (Å²) in [6.07, 6.45) is 0.392. The van der Waals surface area contributed by atoms with Gasteiger partial charge in [-0.1, -0.05) is 32.0 Å². The molecule has 0 saturated carbocycles. The van der Waals surface area contributed by atoms with Gasteiger partial charge in [0.15, 0.2) is 0 Å². The van der Waals surface area contributed by atoms with E-state index in [0.717, 1.165) is 12.0 Å². The summed E-state index contributed by atoms with van der Waals surface area (Å²) in [4.78, 5) is 11.4. The van der Waals surface area contributed by atoms with Crippen LogP contribution in [0.4, 0.5) is 4.79 Å². The van der Waals surface area contributed by atoms with Crippen LogP contribution in [0.25, 0.3) is 0 Å². The second kappa shape index (κ2) is 6.60.